The third-order valence-corrected chi connectivity index (χ3v) is 2.62. The van der Waals surface area contributed by atoms with Crippen molar-refractivity contribution in [2.24, 2.45) is 5.92 Å². The Bertz CT molecular complexity index is 331. The Morgan fingerprint density at radius 3 is 2.76 bits per heavy atom. The molecule has 2 N–H and O–H groups in total. The standard InChI is InChI=1S/C13H20BrNO2/c1-10(2)8-17-9-13(16)7-15-12-5-3-4-11(14)6-12/h3-6,10,13,15-16H,7-9H2,1-2H3. The molecular formula is C13H20BrNO2. The minimum Gasteiger partial charge on any atom is -0.389 e. The molecule has 1 aromatic rings. The lowest BCUT2D eigenvalue weighted by Gasteiger charge is -2.14. The second-order valence-electron chi connectivity index (χ2n) is 4.48. The van der Waals surface area contributed by atoms with Gasteiger partial charge in [-0.1, -0.05) is 35.8 Å². The zero-order valence-electron chi connectivity index (χ0n) is 10.3. The van der Waals surface area contributed by atoms with E-state index in [9.17, 15) is 5.11 Å². The van der Waals surface area contributed by atoms with E-state index in [2.05, 4.69) is 35.1 Å². The number of nitrogens with one attached hydrogen (secondary N) is 1. The zero-order chi connectivity index (χ0) is 12.7. The van der Waals surface area contributed by atoms with Crippen LogP contribution in [0.2, 0.25) is 0 Å². The molecule has 96 valence electrons. The lowest BCUT2D eigenvalue weighted by molar-refractivity contribution is 0.0318. The van der Waals surface area contributed by atoms with Crippen molar-refractivity contribution in [1.82, 2.24) is 0 Å². The van der Waals surface area contributed by atoms with Crippen LogP contribution in [0.25, 0.3) is 0 Å². The van der Waals surface area contributed by atoms with Crippen LogP contribution < -0.4 is 5.32 Å². The van der Waals surface area contributed by atoms with Crippen molar-refractivity contribution >= 4 is 21.6 Å². The van der Waals surface area contributed by atoms with Crippen LogP contribution in [0.1, 0.15) is 13.8 Å². The highest BCUT2D eigenvalue weighted by atomic mass is 79.9. The number of aliphatic hydroxyl groups excluding tert-OH is 1. The van der Waals surface area contributed by atoms with Gasteiger partial charge in [0.1, 0.15) is 0 Å². The summed E-state index contributed by atoms with van der Waals surface area (Å²) in [6.45, 7) is 5.74. The molecule has 0 saturated heterocycles. The predicted molar refractivity (Wildman–Crippen MR) is 74.3 cm³/mol. The van der Waals surface area contributed by atoms with Gasteiger partial charge in [0.15, 0.2) is 0 Å². The monoisotopic (exact) mass is 301 g/mol. The fourth-order valence-electron chi connectivity index (χ4n) is 1.33. The van der Waals surface area contributed by atoms with E-state index in [4.69, 9.17) is 4.74 Å². The first-order chi connectivity index (χ1) is 8.08. The summed E-state index contributed by atoms with van der Waals surface area (Å²) < 4.78 is 6.39. The van der Waals surface area contributed by atoms with Gasteiger partial charge in [-0.05, 0) is 24.1 Å². The third kappa shape index (κ3) is 6.66. The molecule has 1 rings (SSSR count). The van der Waals surface area contributed by atoms with E-state index in [1.165, 1.54) is 0 Å². The number of aliphatic hydroxyl groups is 1. The molecule has 4 heteroatoms. The minimum absolute atomic E-state index is 0.374. The Morgan fingerprint density at radius 2 is 2.12 bits per heavy atom. The highest BCUT2D eigenvalue weighted by molar-refractivity contribution is 9.10. The van der Waals surface area contributed by atoms with Crippen molar-refractivity contribution in [2.45, 2.75) is 20.0 Å². The minimum atomic E-state index is -0.479. The Balaban J connectivity index is 2.21. The highest BCUT2D eigenvalue weighted by Crippen LogP contribution is 2.15. The molecule has 0 heterocycles. The molecule has 0 aliphatic rings. The van der Waals surface area contributed by atoms with Crippen molar-refractivity contribution in [2.75, 3.05) is 25.1 Å². The molecule has 0 aromatic heterocycles. The normalized spacial score (nSPS) is 12.8. The Hall–Kier alpha value is -0.580. The van der Waals surface area contributed by atoms with Crippen molar-refractivity contribution in [3.63, 3.8) is 0 Å². The molecule has 0 amide bonds. The lowest BCUT2D eigenvalue weighted by atomic mass is 10.2. The Morgan fingerprint density at radius 1 is 1.35 bits per heavy atom. The first-order valence-electron chi connectivity index (χ1n) is 5.83. The Labute approximate surface area is 111 Å². The summed E-state index contributed by atoms with van der Waals surface area (Å²) in [5, 5.41) is 12.9. The quantitative estimate of drug-likeness (QED) is 0.814. The Kier molecular flexibility index (Phi) is 6.55. The average Bonchev–Trinajstić information content (AvgIpc) is 2.26. The van der Waals surface area contributed by atoms with Crippen molar-refractivity contribution < 1.29 is 9.84 Å². The summed E-state index contributed by atoms with van der Waals surface area (Å²) in [5.74, 6) is 0.500. The molecule has 3 nitrogen and oxygen atoms in total. The molecule has 0 aliphatic heterocycles. The maximum atomic E-state index is 9.69. The van der Waals surface area contributed by atoms with Gasteiger partial charge >= 0.3 is 0 Å². The topological polar surface area (TPSA) is 41.5 Å². The molecule has 0 radical (unpaired) electrons. The summed E-state index contributed by atoms with van der Waals surface area (Å²) in [4.78, 5) is 0. The van der Waals surface area contributed by atoms with Crippen molar-refractivity contribution in [3.8, 4) is 0 Å². The summed E-state index contributed by atoms with van der Waals surface area (Å²) in [6.07, 6.45) is -0.479. The number of hydrogen-bond acceptors (Lipinski definition) is 3. The van der Waals surface area contributed by atoms with E-state index in [1.807, 2.05) is 24.3 Å². The second kappa shape index (κ2) is 7.69. The number of hydrogen-bond donors (Lipinski definition) is 2. The first kappa shape index (κ1) is 14.5. The summed E-state index contributed by atoms with van der Waals surface area (Å²) >= 11 is 3.40. The van der Waals surface area contributed by atoms with Gasteiger partial charge in [-0.2, -0.15) is 0 Å². The van der Waals surface area contributed by atoms with Gasteiger partial charge in [0.25, 0.3) is 0 Å². The number of halogens is 1. The van der Waals surface area contributed by atoms with E-state index in [0.29, 0.717) is 25.7 Å². The molecule has 0 saturated carbocycles. The molecular weight excluding hydrogens is 282 g/mol. The van der Waals surface area contributed by atoms with Gasteiger partial charge in [-0.15, -0.1) is 0 Å². The fraction of sp³-hybridized carbons (Fsp3) is 0.538. The van der Waals surface area contributed by atoms with E-state index < -0.39 is 6.10 Å². The molecule has 0 bridgehead atoms. The van der Waals surface area contributed by atoms with Crippen LogP contribution in [-0.4, -0.2) is 31.0 Å². The fourth-order valence-corrected chi connectivity index (χ4v) is 1.73. The van der Waals surface area contributed by atoms with E-state index in [-0.39, 0.29) is 0 Å². The first-order valence-corrected chi connectivity index (χ1v) is 6.62. The molecule has 0 spiro atoms. The van der Waals surface area contributed by atoms with Crippen LogP contribution in [0.3, 0.4) is 0 Å². The van der Waals surface area contributed by atoms with Crippen LogP contribution in [0, 0.1) is 5.92 Å². The summed E-state index contributed by atoms with van der Waals surface area (Å²) in [7, 11) is 0. The maximum absolute atomic E-state index is 9.69. The van der Waals surface area contributed by atoms with E-state index in [1.54, 1.807) is 0 Å². The lowest BCUT2D eigenvalue weighted by Crippen LogP contribution is -2.25. The van der Waals surface area contributed by atoms with Crippen LogP contribution in [0.15, 0.2) is 28.7 Å². The van der Waals surface area contributed by atoms with Crippen LogP contribution in [0.5, 0.6) is 0 Å². The van der Waals surface area contributed by atoms with Gasteiger partial charge in [-0.25, -0.2) is 0 Å². The van der Waals surface area contributed by atoms with E-state index >= 15 is 0 Å². The van der Waals surface area contributed by atoms with Crippen LogP contribution in [0.4, 0.5) is 5.69 Å². The largest absolute Gasteiger partial charge is 0.389 e. The smallest absolute Gasteiger partial charge is 0.0945 e. The van der Waals surface area contributed by atoms with Gasteiger partial charge in [0.2, 0.25) is 0 Å². The average molecular weight is 302 g/mol. The summed E-state index contributed by atoms with van der Waals surface area (Å²) in [5.41, 5.74) is 0.988. The maximum Gasteiger partial charge on any atom is 0.0945 e. The zero-order valence-corrected chi connectivity index (χ0v) is 11.9. The van der Waals surface area contributed by atoms with Crippen LogP contribution >= 0.6 is 15.9 Å². The van der Waals surface area contributed by atoms with Gasteiger partial charge in [0, 0.05) is 23.3 Å². The molecule has 17 heavy (non-hydrogen) atoms. The molecule has 1 unspecified atom stereocenters. The molecule has 0 aliphatic carbocycles. The number of rotatable bonds is 7. The van der Waals surface area contributed by atoms with Gasteiger partial charge in [-0.3, -0.25) is 0 Å². The highest BCUT2D eigenvalue weighted by Gasteiger charge is 2.04. The second-order valence-corrected chi connectivity index (χ2v) is 5.39. The number of benzene rings is 1. The van der Waals surface area contributed by atoms with Crippen molar-refractivity contribution in [1.29, 1.82) is 0 Å². The third-order valence-electron chi connectivity index (χ3n) is 2.13. The number of anilines is 1. The van der Waals surface area contributed by atoms with Crippen LogP contribution in [-0.2, 0) is 4.74 Å². The van der Waals surface area contributed by atoms with Gasteiger partial charge < -0.3 is 15.2 Å². The van der Waals surface area contributed by atoms with E-state index in [0.717, 1.165) is 10.2 Å². The molecule has 1 atom stereocenters. The van der Waals surface area contributed by atoms with Crippen molar-refractivity contribution in [3.05, 3.63) is 28.7 Å². The predicted octanol–water partition coefficient (Wildman–Crippen LogP) is 2.89. The SMILES string of the molecule is CC(C)COCC(O)CNc1cccc(Br)c1. The number of ether oxygens (including phenoxy) is 1. The molecule has 0 fully saturated rings. The summed E-state index contributed by atoms with van der Waals surface area (Å²) in [6, 6.07) is 7.86. The molecule has 1 aromatic carbocycles. The van der Waals surface area contributed by atoms with Gasteiger partial charge in [0.05, 0.1) is 12.7 Å².